The first-order valence-corrected chi connectivity index (χ1v) is 8.63. The molecule has 124 valence electrons. The minimum absolute atomic E-state index is 0.0613. The molecule has 1 aromatic carbocycles. The van der Waals surface area contributed by atoms with Crippen LogP contribution in [0.3, 0.4) is 0 Å². The first-order valence-electron chi connectivity index (χ1n) is 7.84. The third-order valence-corrected chi connectivity index (χ3v) is 4.41. The fourth-order valence-electron chi connectivity index (χ4n) is 2.30. The van der Waals surface area contributed by atoms with Crippen LogP contribution in [0, 0.1) is 5.92 Å². The normalized spacial score (nSPS) is 12.2. The van der Waals surface area contributed by atoms with Crippen molar-refractivity contribution < 1.29 is 4.42 Å². The van der Waals surface area contributed by atoms with Crippen molar-refractivity contribution in [1.29, 1.82) is 0 Å². The molecule has 0 aliphatic heterocycles. The maximum absolute atomic E-state index is 6.22. The summed E-state index contributed by atoms with van der Waals surface area (Å²) in [5.74, 6) is 1.50. The first kappa shape index (κ1) is 17.8. The fraction of sp³-hybridized carbons (Fsp3) is 0.389. The Kier molecular flexibility index (Phi) is 6.48. The van der Waals surface area contributed by atoms with E-state index in [0.717, 1.165) is 24.4 Å². The van der Waals surface area contributed by atoms with E-state index >= 15 is 0 Å². The molecule has 0 amide bonds. The van der Waals surface area contributed by atoms with E-state index in [1.807, 2.05) is 36.4 Å². The molecule has 2 aromatic rings. The van der Waals surface area contributed by atoms with E-state index in [4.69, 9.17) is 28.2 Å². The Hall–Kier alpha value is -1.52. The summed E-state index contributed by atoms with van der Waals surface area (Å²) >= 11 is 11.9. The van der Waals surface area contributed by atoms with Gasteiger partial charge < -0.3 is 14.6 Å². The monoisotopic (exact) mass is 350 g/mol. The van der Waals surface area contributed by atoms with Gasteiger partial charge >= 0.3 is 0 Å². The van der Waals surface area contributed by atoms with Crippen LogP contribution in [0.5, 0.6) is 0 Å². The SMILES string of the molecule is CC(C)CCN(C(=S)Nc1ccccc1Cl)C(C)c1ccco1. The summed E-state index contributed by atoms with van der Waals surface area (Å²) in [6.45, 7) is 7.37. The minimum atomic E-state index is 0.0613. The number of hydrogen-bond donors (Lipinski definition) is 1. The summed E-state index contributed by atoms with van der Waals surface area (Å²) in [4.78, 5) is 2.15. The Balaban J connectivity index is 2.15. The van der Waals surface area contributed by atoms with E-state index in [1.165, 1.54) is 0 Å². The number of benzene rings is 1. The number of furan rings is 1. The van der Waals surface area contributed by atoms with Crippen LogP contribution in [-0.2, 0) is 0 Å². The zero-order valence-corrected chi connectivity index (χ0v) is 15.3. The van der Waals surface area contributed by atoms with Crippen molar-refractivity contribution in [1.82, 2.24) is 4.90 Å². The highest BCUT2D eigenvalue weighted by Crippen LogP contribution is 2.25. The van der Waals surface area contributed by atoms with Gasteiger partial charge in [-0.1, -0.05) is 37.6 Å². The highest BCUT2D eigenvalue weighted by atomic mass is 35.5. The number of para-hydroxylation sites is 1. The Bertz CT molecular complexity index is 628. The topological polar surface area (TPSA) is 28.4 Å². The lowest BCUT2D eigenvalue weighted by Crippen LogP contribution is -2.38. The second kappa shape index (κ2) is 8.37. The molecule has 1 heterocycles. The van der Waals surface area contributed by atoms with Crippen LogP contribution in [-0.4, -0.2) is 16.6 Å². The average molecular weight is 351 g/mol. The molecule has 2 rings (SSSR count). The molecular formula is C18H23ClN2OS. The summed E-state index contributed by atoms with van der Waals surface area (Å²) in [7, 11) is 0. The van der Waals surface area contributed by atoms with Crippen molar-refractivity contribution >= 4 is 34.6 Å². The minimum Gasteiger partial charge on any atom is -0.467 e. The van der Waals surface area contributed by atoms with Gasteiger partial charge in [0.2, 0.25) is 0 Å². The Morgan fingerprint density at radius 3 is 2.57 bits per heavy atom. The summed E-state index contributed by atoms with van der Waals surface area (Å²) < 4.78 is 5.55. The number of hydrogen-bond acceptors (Lipinski definition) is 2. The van der Waals surface area contributed by atoms with E-state index in [2.05, 4.69) is 31.0 Å². The Morgan fingerprint density at radius 1 is 1.22 bits per heavy atom. The lowest BCUT2D eigenvalue weighted by molar-refractivity contribution is 0.281. The third-order valence-electron chi connectivity index (χ3n) is 3.75. The van der Waals surface area contributed by atoms with Crippen LogP contribution in [0.1, 0.15) is 39.0 Å². The van der Waals surface area contributed by atoms with Gasteiger partial charge in [-0.15, -0.1) is 0 Å². The number of nitrogens with one attached hydrogen (secondary N) is 1. The summed E-state index contributed by atoms with van der Waals surface area (Å²) in [5, 5.41) is 4.57. The smallest absolute Gasteiger partial charge is 0.174 e. The Morgan fingerprint density at radius 2 is 1.96 bits per heavy atom. The summed E-state index contributed by atoms with van der Waals surface area (Å²) in [6, 6.07) is 11.5. The molecule has 0 saturated carbocycles. The van der Waals surface area contributed by atoms with Gasteiger partial charge in [-0.3, -0.25) is 0 Å². The van der Waals surface area contributed by atoms with Crippen LogP contribution in [0.2, 0.25) is 5.02 Å². The lowest BCUT2D eigenvalue weighted by Gasteiger charge is -2.31. The molecule has 0 spiro atoms. The predicted molar refractivity (Wildman–Crippen MR) is 101 cm³/mol. The average Bonchev–Trinajstić information content (AvgIpc) is 3.03. The van der Waals surface area contributed by atoms with Gasteiger partial charge in [0.25, 0.3) is 0 Å². The zero-order chi connectivity index (χ0) is 16.8. The van der Waals surface area contributed by atoms with Crippen LogP contribution in [0.15, 0.2) is 47.1 Å². The zero-order valence-electron chi connectivity index (χ0n) is 13.8. The summed E-state index contributed by atoms with van der Waals surface area (Å²) in [5.41, 5.74) is 0.820. The molecule has 1 unspecified atom stereocenters. The maximum Gasteiger partial charge on any atom is 0.174 e. The third kappa shape index (κ3) is 4.98. The van der Waals surface area contributed by atoms with Gasteiger partial charge in [-0.25, -0.2) is 0 Å². The quantitative estimate of drug-likeness (QED) is 0.672. The van der Waals surface area contributed by atoms with Crippen molar-refractivity contribution in [2.45, 2.75) is 33.2 Å². The van der Waals surface area contributed by atoms with E-state index in [9.17, 15) is 0 Å². The van der Waals surface area contributed by atoms with Gasteiger partial charge in [0.05, 0.1) is 23.0 Å². The molecule has 0 bridgehead atoms. The van der Waals surface area contributed by atoms with Gasteiger partial charge in [0.1, 0.15) is 5.76 Å². The molecule has 0 aliphatic carbocycles. The number of nitrogens with zero attached hydrogens (tertiary/aromatic N) is 1. The second-order valence-corrected chi connectivity index (χ2v) is 6.77. The predicted octanol–water partition coefficient (Wildman–Crippen LogP) is 5.74. The lowest BCUT2D eigenvalue weighted by atomic mass is 10.1. The molecule has 0 aliphatic rings. The number of halogens is 1. The maximum atomic E-state index is 6.22. The molecule has 0 radical (unpaired) electrons. The van der Waals surface area contributed by atoms with Crippen LogP contribution in [0.25, 0.3) is 0 Å². The second-order valence-electron chi connectivity index (χ2n) is 5.98. The molecule has 1 N–H and O–H groups in total. The van der Waals surface area contributed by atoms with Crippen LogP contribution < -0.4 is 5.32 Å². The largest absolute Gasteiger partial charge is 0.467 e. The fourth-order valence-corrected chi connectivity index (χ4v) is 2.84. The van der Waals surface area contributed by atoms with Crippen LogP contribution in [0.4, 0.5) is 5.69 Å². The van der Waals surface area contributed by atoms with Crippen molar-refractivity contribution in [2.75, 3.05) is 11.9 Å². The van der Waals surface area contributed by atoms with Gasteiger partial charge in [-0.2, -0.15) is 0 Å². The molecule has 23 heavy (non-hydrogen) atoms. The van der Waals surface area contributed by atoms with Gasteiger partial charge in [0, 0.05) is 6.54 Å². The molecule has 1 atom stereocenters. The van der Waals surface area contributed by atoms with Crippen molar-refractivity contribution in [3.8, 4) is 0 Å². The van der Waals surface area contributed by atoms with E-state index < -0.39 is 0 Å². The van der Waals surface area contributed by atoms with E-state index in [0.29, 0.717) is 16.1 Å². The molecule has 3 nitrogen and oxygen atoms in total. The molecule has 1 aromatic heterocycles. The molecule has 0 saturated heterocycles. The van der Waals surface area contributed by atoms with Gasteiger partial charge in [0.15, 0.2) is 5.11 Å². The molecule has 0 fully saturated rings. The Labute approximate surface area is 148 Å². The number of thiocarbonyl (C=S) groups is 1. The van der Waals surface area contributed by atoms with Crippen LogP contribution >= 0.6 is 23.8 Å². The first-order chi connectivity index (χ1) is 11.0. The number of anilines is 1. The van der Waals surface area contributed by atoms with E-state index in [-0.39, 0.29) is 6.04 Å². The molecule has 5 heteroatoms. The van der Waals surface area contributed by atoms with Crippen molar-refractivity contribution in [2.24, 2.45) is 5.92 Å². The van der Waals surface area contributed by atoms with Gasteiger partial charge in [-0.05, 0) is 55.7 Å². The molecular weight excluding hydrogens is 328 g/mol. The van der Waals surface area contributed by atoms with Crippen molar-refractivity contribution in [3.63, 3.8) is 0 Å². The number of rotatable bonds is 6. The standard InChI is InChI=1S/C18H23ClN2OS/c1-13(2)10-11-21(14(3)17-9-6-12-22-17)18(23)20-16-8-5-4-7-15(16)19/h4-9,12-14H,10-11H2,1-3H3,(H,20,23). The van der Waals surface area contributed by atoms with E-state index in [1.54, 1.807) is 6.26 Å². The highest BCUT2D eigenvalue weighted by Gasteiger charge is 2.21. The van der Waals surface area contributed by atoms with Crippen molar-refractivity contribution in [3.05, 3.63) is 53.4 Å². The highest BCUT2D eigenvalue weighted by molar-refractivity contribution is 7.80. The summed E-state index contributed by atoms with van der Waals surface area (Å²) in [6.07, 6.45) is 2.74.